The van der Waals surface area contributed by atoms with E-state index in [0.29, 0.717) is 5.69 Å². The summed E-state index contributed by atoms with van der Waals surface area (Å²) in [5.41, 5.74) is -0.674. The molecule has 8 heteroatoms. The Balaban J connectivity index is 1.81. The normalized spacial score (nSPS) is 18.7. The van der Waals surface area contributed by atoms with E-state index < -0.39 is 23.7 Å². The standard InChI is InChI=1S/C23H19Cl2N3O3/c1-14(15-7-3-2-4-8-15)26-21(29)23(31)17-9-5-6-10-20(17)27-22(30)28(23)16-11-12-18(24)19(25)13-16/h2-14,31H,1H3,(H,26,29)(H,27,30)/t14-,23+/m1/s1. The number of rotatable bonds is 4. The molecule has 0 aromatic heterocycles. The van der Waals surface area contributed by atoms with E-state index in [1.165, 1.54) is 18.2 Å². The maximum Gasteiger partial charge on any atom is 0.329 e. The van der Waals surface area contributed by atoms with Crippen LogP contribution in [-0.2, 0) is 10.5 Å². The average Bonchev–Trinajstić information content (AvgIpc) is 2.76. The summed E-state index contributed by atoms with van der Waals surface area (Å²) in [5, 5.41) is 17.8. The predicted molar refractivity (Wildman–Crippen MR) is 121 cm³/mol. The number of nitrogens with one attached hydrogen (secondary N) is 2. The van der Waals surface area contributed by atoms with Crippen molar-refractivity contribution in [2.24, 2.45) is 0 Å². The number of carbonyl (C=O) groups is 2. The Morgan fingerprint density at radius 1 is 1.03 bits per heavy atom. The van der Waals surface area contributed by atoms with Crippen LogP contribution in [-0.4, -0.2) is 17.0 Å². The highest BCUT2D eigenvalue weighted by Crippen LogP contribution is 2.41. The fourth-order valence-corrected chi connectivity index (χ4v) is 3.90. The van der Waals surface area contributed by atoms with Crippen LogP contribution in [0.2, 0.25) is 10.0 Å². The second-order valence-electron chi connectivity index (χ2n) is 7.19. The summed E-state index contributed by atoms with van der Waals surface area (Å²) in [6, 6.07) is 19.3. The Kier molecular flexibility index (Phi) is 5.62. The van der Waals surface area contributed by atoms with Crippen LogP contribution in [0.5, 0.6) is 0 Å². The van der Waals surface area contributed by atoms with Crippen LogP contribution in [0.15, 0.2) is 72.8 Å². The maximum absolute atomic E-state index is 13.5. The molecule has 3 amide bonds. The molecule has 4 rings (SSSR count). The van der Waals surface area contributed by atoms with E-state index in [9.17, 15) is 14.7 Å². The minimum atomic E-state index is -2.32. The van der Waals surface area contributed by atoms with Gasteiger partial charge in [0.1, 0.15) is 0 Å². The van der Waals surface area contributed by atoms with Crippen molar-refractivity contribution in [3.63, 3.8) is 0 Å². The van der Waals surface area contributed by atoms with Gasteiger partial charge >= 0.3 is 6.03 Å². The van der Waals surface area contributed by atoms with E-state index in [4.69, 9.17) is 23.2 Å². The van der Waals surface area contributed by atoms with Crippen LogP contribution in [0.25, 0.3) is 0 Å². The fourth-order valence-electron chi connectivity index (χ4n) is 3.61. The lowest BCUT2D eigenvalue weighted by Gasteiger charge is -2.43. The highest BCUT2D eigenvalue weighted by molar-refractivity contribution is 6.42. The molecule has 0 radical (unpaired) electrons. The summed E-state index contributed by atoms with van der Waals surface area (Å²) >= 11 is 12.2. The zero-order valence-corrected chi connectivity index (χ0v) is 18.0. The molecule has 31 heavy (non-hydrogen) atoms. The zero-order chi connectivity index (χ0) is 22.2. The molecule has 0 spiro atoms. The SMILES string of the molecule is C[C@@H](NC(=O)[C@@]1(O)c2ccccc2NC(=O)N1c1ccc(Cl)c(Cl)c1)c1ccccc1. The number of aliphatic hydroxyl groups is 1. The number of anilines is 2. The molecule has 1 aliphatic heterocycles. The number of amides is 3. The van der Waals surface area contributed by atoms with Crippen molar-refractivity contribution in [3.05, 3.63) is 94.0 Å². The number of fused-ring (bicyclic) bond motifs is 1. The van der Waals surface area contributed by atoms with Crippen molar-refractivity contribution >= 4 is 46.5 Å². The summed E-state index contributed by atoms with van der Waals surface area (Å²) < 4.78 is 0. The first-order valence-electron chi connectivity index (χ1n) is 9.56. The lowest BCUT2D eigenvalue weighted by Crippen LogP contribution is -2.62. The van der Waals surface area contributed by atoms with E-state index in [1.54, 1.807) is 31.2 Å². The van der Waals surface area contributed by atoms with Crippen LogP contribution in [0, 0.1) is 0 Å². The van der Waals surface area contributed by atoms with Crippen LogP contribution in [0.3, 0.4) is 0 Å². The number of benzene rings is 3. The Hall–Kier alpha value is -3.06. The van der Waals surface area contributed by atoms with E-state index in [-0.39, 0.29) is 21.3 Å². The van der Waals surface area contributed by atoms with Crippen LogP contribution < -0.4 is 15.5 Å². The van der Waals surface area contributed by atoms with E-state index >= 15 is 0 Å². The van der Waals surface area contributed by atoms with Crippen LogP contribution in [0.4, 0.5) is 16.2 Å². The van der Waals surface area contributed by atoms with Gasteiger partial charge < -0.3 is 15.7 Å². The van der Waals surface area contributed by atoms with Gasteiger partial charge in [0.15, 0.2) is 0 Å². The Labute approximate surface area is 189 Å². The fraction of sp³-hybridized carbons (Fsp3) is 0.130. The van der Waals surface area contributed by atoms with Crippen LogP contribution >= 0.6 is 23.2 Å². The van der Waals surface area contributed by atoms with Crippen molar-refractivity contribution in [2.75, 3.05) is 10.2 Å². The van der Waals surface area contributed by atoms with E-state index in [1.807, 2.05) is 30.3 Å². The number of halogens is 2. The molecule has 3 aromatic rings. The van der Waals surface area contributed by atoms with E-state index in [0.717, 1.165) is 10.5 Å². The molecule has 3 aromatic carbocycles. The number of nitrogens with zero attached hydrogens (tertiary/aromatic N) is 1. The number of para-hydroxylation sites is 1. The first-order chi connectivity index (χ1) is 14.8. The van der Waals surface area contributed by atoms with Gasteiger partial charge in [-0.15, -0.1) is 0 Å². The minimum Gasteiger partial charge on any atom is -0.359 e. The van der Waals surface area contributed by atoms with Crippen molar-refractivity contribution in [2.45, 2.75) is 18.7 Å². The van der Waals surface area contributed by atoms with Crippen molar-refractivity contribution in [1.82, 2.24) is 5.32 Å². The van der Waals surface area contributed by atoms with Crippen LogP contribution in [0.1, 0.15) is 24.1 Å². The molecule has 158 valence electrons. The van der Waals surface area contributed by atoms with Gasteiger partial charge in [0, 0.05) is 5.56 Å². The number of carbonyl (C=O) groups excluding carboxylic acids is 2. The van der Waals surface area contributed by atoms with Gasteiger partial charge in [-0.1, -0.05) is 71.7 Å². The van der Waals surface area contributed by atoms with Crippen molar-refractivity contribution in [1.29, 1.82) is 0 Å². The molecule has 0 fully saturated rings. The van der Waals surface area contributed by atoms with Gasteiger partial charge in [0.25, 0.3) is 11.6 Å². The lowest BCUT2D eigenvalue weighted by atomic mass is 9.94. The highest BCUT2D eigenvalue weighted by atomic mass is 35.5. The summed E-state index contributed by atoms with van der Waals surface area (Å²) in [7, 11) is 0. The minimum absolute atomic E-state index is 0.186. The van der Waals surface area contributed by atoms with Gasteiger partial charge in [-0.05, 0) is 36.8 Å². The zero-order valence-electron chi connectivity index (χ0n) is 16.5. The van der Waals surface area contributed by atoms with Gasteiger partial charge in [-0.2, -0.15) is 0 Å². The monoisotopic (exact) mass is 455 g/mol. The molecule has 0 aliphatic carbocycles. The summed E-state index contributed by atoms with van der Waals surface area (Å²) in [4.78, 5) is 27.5. The number of hydrogen-bond donors (Lipinski definition) is 3. The molecule has 0 saturated heterocycles. The first-order valence-corrected chi connectivity index (χ1v) is 10.3. The lowest BCUT2D eigenvalue weighted by molar-refractivity contribution is -0.141. The van der Waals surface area contributed by atoms with Gasteiger partial charge in [-0.3, -0.25) is 9.69 Å². The highest BCUT2D eigenvalue weighted by Gasteiger charge is 2.52. The molecule has 1 aliphatic rings. The molecule has 1 heterocycles. The molecular formula is C23H19Cl2N3O3. The smallest absolute Gasteiger partial charge is 0.329 e. The molecule has 3 N–H and O–H groups in total. The second-order valence-corrected chi connectivity index (χ2v) is 8.00. The average molecular weight is 456 g/mol. The van der Waals surface area contributed by atoms with E-state index in [2.05, 4.69) is 10.6 Å². The third-order valence-corrected chi connectivity index (χ3v) is 5.94. The van der Waals surface area contributed by atoms with Crippen molar-refractivity contribution in [3.8, 4) is 0 Å². The molecular weight excluding hydrogens is 437 g/mol. The Morgan fingerprint density at radius 2 is 1.71 bits per heavy atom. The van der Waals surface area contributed by atoms with Gasteiger partial charge in [-0.25, -0.2) is 4.79 Å². The molecule has 2 atom stereocenters. The van der Waals surface area contributed by atoms with Gasteiger partial charge in [0.2, 0.25) is 0 Å². The summed E-state index contributed by atoms with van der Waals surface area (Å²) in [6.07, 6.45) is 0. The molecule has 0 bridgehead atoms. The number of urea groups is 1. The largest absolute Gasteiger partial charge is 0.359 e. The third-order valence-electron chi connectivity index (χ3n) is 5.20. The topological polar surface area (TPSA) is 81.7 Å². The summed E-state index contributed by atoms with van der Waals surface area (Å²) in [5.74, 6) is -0.753. The first kappa shape index (κ1) is 21.2. The van der Waals surface area contributed by atoms with Gasteiger partial charge in [0.05, 0.1) is 27.5 Å². The quantitative estimate of drug-likeness (QED) is 0.513. The second kappa shape index (κ2) is 8.23. The maximum atomic E-state index is 13.5. The Morgan fingerprint density at radius 3 is 2.42 bits per heavy atom. The summed E-state index contributed by atoms with van der Waals surface area (Å²) in [6.45, 7) is 1.80. The molecule has 0 unspecified atom stereocenters. The van der Waals surface area contributed by atoms with Crippen molar-refractivity contribution < 1.29 is 14.7 Å². The molecule has 6 nitrogen and oxygen atoms in total. The predicted octanol–water partition coefficient (Wildman–Crippen LogP) is 5.07. The number of hydrogen-bond acceptors (Lipinski definition) is 3. The molecule has 0 saturated carbocycles. The third kappa shape index (κ3) is 3.74. The Bertz CT molecular complexity index is 1160.